The zero-order valence-electron chi connectivity index (χ0n) is 19.0. The molecule has 2 rings (SSSR count). The molecule has 0 N–H and O–H groups in total. The highest BCUT2D eigenvalue weighted by molar-refractivity contribution is 5.90. The molecule has 0 amide bonds. The molecule has 0 aliphatic heterocycles. The fraction of sp³-hybridized carbons (Fsp3) is 0.680. The molecule has 0 heterocycles. The SMILES string of the molecule is CCC(c1ccc(C(=O)OCC(=O)OC(C)(C)C2CCCC2)cc1)C(C)(C)CC. The highest BCUT2D eigenvalue weighted by Gasteiger charge is 2.35. The van der Waals surface area contributed by atoms with Gasteiger partial charge in [-0.05, 0) is 68.1 Å². The lowest BCUT2D eigenvalue weighted by atomic mass is 9.72. The summed E-state index contributed by atoms with van der Waals surface area (Å²) in [5.41, 5.74) is 1.38. The van der Waals surface area contributed by atoms with Gasteiger partial charge in [-0.3, -0.25) is 0 Å². The summed E-state index contributed by atoms with van der Waals surface area (Å²) in [7, 11) is 0. The molecule has 1 unspecified atom stereocenters. The molecule has 29 heavy (non-hydrogen) atoms. The zero-order valence-corrected chi connectivity index (χ0v) is 19.0. The molecule has 1 saturated carbocycles. The molecule has 1 aromatic rings. The number of esters is 2. The van der Waals surface area contributed by atoms with Crippen molar-refractivity contribution in [1.29, 1.82) is 0 Å². The third-order valence-corrected chi connectivity index (χ3v) is 6.85. The molecule has 0 radical (unpaired) electrons. The lowest BCUT2D eigenvalue weighted by Gasteiger charge is -2.33. The highest BCUT2D eigenvalue weighted by Crippen LogP contribution is 2.40. The van der Waals surface area contributed by atoms with Crippen LogP contribution in [0.15, 0.2) is 24.3 Å². The van der Waals surface area contributed by atoms with Crippen LogP contribution in [-0.2, 0) is 14.3 Å². The number of hydrogen-bond acceptors (Lipinski definition) is 4. The first-order chi connectivity index (χ1) is 13.6. The van der Waals surface area contributed by atoms with Gasteiger partial charge in [0, 0.05) is 0 Å². The van der Waals surface area contributed by atoms with Crippen LogP contribution in [0, 0.1) is 11.3 Å². The van der Waals surface area contributed by atoms with E-state index >= 15 is 0 Å². The van der Waals surface area contributed by atoms with Crippen LogP contribution in [0.3, 0.4) is 0 Å². The smallest absolute Gasteiger partial charge is 0.344 e. The van der Waals surface area contributed by atoms with Gasteiger partial charge in [-0.25, -0.2) is 9.59 Å². The van der Waals surface area contributed by atoms with Crippen molar-refractivity contribution in [2.45, 2.75) is 91.6 Å². The zero-order chi connectivity index (χ0) is 21.7. The van der Waals surface area contributed by atoms with Crippen molar-refractivity contribution in [1.82, 2.24) is 0 Å². The predicted octanol–water partition coefficient (Wildman–Crippen LogP) is 6.29. The Hall–Kier alpha value is -1.84. The molecule has 1 aliphatic carbocycles. The Balaban J connectivity index is 1.91. The van der Waals surface area contributed by atoms with Gasteiger partial charge in [0.15, 0.2) is 6.61 Å². The van der Waals surface area contributed by atoms with Crippen LogP contribution < -0.4 is 0 Å². The van der Waals surface area contributed by atoms with Crippen molar-refractivity contribution >= 4 is 11.9 Å². The lowest BCUT2D eigenvalue weighted by molar-refractivity contribution is -0.165. The first kappa shape index (κ1) is 23.4. The average molecular weight is 403 g/mol. The number of benzene rings is 1. The monoisotopic (exact) mass is 402 g/mol. The average Bonchev–Trinajstić information content (AvgIpc) is 3.22. The summed E-state index contributed by atoms with van der Waals surface area (Å²) < 4.78 is 10.8. The maximum absolute atomic E-state index is 12.3. The van der Waals surface area contributed by atoms with Crippen molar-refractivity contribution in [3.05, 3.63) is 35.4 Å². The molecule has 162 valence electrons. The number of rotatable bonds is 9. The summed E-state index contributed by atoms with van der Waals surface area (Å²) in [5.74, 6) is -0.156. The van der Waals surface area contributed by atoms with Gasteiger partial charge < -0.3 is 9.47 Å². The van der Waals surface area contributed by atoms with E-state index in [2.05, 4.69) is 27.7 Å². The maximum atomic E-state index is 12.3. The van der Waals surface area contributed by atoms with Crippen LogP contribution in [0.25, 0.3) is 0 Å². The first-order valence-electron chi connectivity index (χ1n) is 11.1. The highest BCUT2D eigenvalue weighted by atomic mass is 16.6. The molecule has 0 spiro atoms. The van der Waals surface area contributed by atoms with E-state index < -0.39 is 17.5 Å². The van der Waals surface area contributed by atoms with E-state index in [9.17, 15) is 9.59 Å². The van der Waals surface area contributed by atoms with Crippen LogP contribution in [-0.4, -0.2) is 24.1 Å². The van der Waals surface area contributed by atoms with Crippen LogP contribution >= 0.6 is 0 Å². The second kappa shape index (κ2) is 9.77. The fourth-order valence-electron chi connectivity index (χ4n) is 4.57. The molecule has 4 nitrogen and oxygen atoms in total. The summed E-state index contributed by atoms with van der Waals surface area (Å²) in [6.07, 6.45) is 6.68. The molecule has 0 bridgehead atoms. The quantitative estimate of drug-likeness (QED) is 0.456. The third kappa shape index (κ3) is 6.07. The summed E-state index contributed by atoms with van der Waals surface area (Å²) in [5, 5.41) is 0. The van der Waals surface area contributed by atoms with Crippen molar-refractivity contribution in [2.24, 2.45) is 11.3 Å². The summed E-state index contributed by atoms with van der Waals surface area (Å²) in [4.78, 5) is 24.5. The number of ether oxygens (including phenoxy) is 2. The molecular formula is C25H38O4. The molecular weight excluding hydrogens is 364 g/mol. The van der Waals surface area contributed by atoms with Gasteiger partial charge in [0.25, 0.3) is 0 Å². The van der Waals surface area contributed by atoms with Crippen LogP contribution in [0.2, 0.25) is 0 Å². The van der Waals surface area contributed by atoms with E-state index in [1.807, 2.05) is 26.0 Å². The second-order valence-electron chi connectivity index (χ2n) is 9.56. The van der Waals surface area contributed by atoms with Crippen LogP contribution in [0.5, 0.6) is 0 Å². The van der Waals surface area contributed by atoms with E-state index in [0.717, 1.165) is 25.7 Å². The normalized spacial score (nSPS) is 16.5. The van der Waals surface area contributed by atoms with Crippen LogP contribution in [0.4, 0.5) is 0 Å². The second-order valence-corrected chi connectivity index (χ2v) is 9.56. The minimum atomic E-state index is -0.511. The molecule has 4 heteroatoms. The molecule has 1 fully saturated rings. The Morgan fingerprint density at radius 3 is 2.14 bits per heavy atom. The van der Waals surface area contributed by atoms with Crippen LogP contribution in [0.1, 0.15) is 102 Å². The Kier molecular flexibility index (Phi) is 7.90. The van der Waals surface area contributed by atoms with Gasteiger partial charge in [-0.2, -0.15) is 0 Å². The van der Waals surface area contributed by atoms with Crippen molar-refractivity contribution < 1.29 is 19.1 Å². The van der Waals surface area contributed by atoms with Crippen molar-refractivity contribution in [3.8, 4) is 0 Å². The Morgan fingerprint density at radius 2 is 1.62 bits per heavy atom. The minimum absolute atomic E-state index is 0.201. The molecule has 1 aliphatic rings. The fourth-order valence-corrected chi connectivity index (χ4v) is 4.57. The standard InChI is InChI=1S/C25H38O4/c1-7-21(24(3,4)8-2)18-13-15-19(16-14-18)23(27)28-17-22(26)29-25(5,6)20-11-9-10-12-20/h13-16,20-21H,7-12,17H2,1-6H3. The largest absolute Gasteiger partial charge is 0.457 e. The van der Waals surface area contributed by atoms with E-state index in [-0.39, 0.29) is 12.0 Å². The van der Waals surface area contributed by atoms with Gasteiger partial charge in [0.2, 0.25) is 0 Å². The Labute approximate surface area is 176 Å². The Morgan fingerprint density at radius 1 is 1.03 bits per heavy atom. The summed E-state index contributed by atoms with van der Waals surface area (Å²) in [6, 6.07) is 7.59. The van der Waals surface area contributed by atoms with Gasteiger partial charge in [-0.15, -0.1) is 0 Å². The minimum Gasteiger partial charge on any atom is -0.457 e. The number of hydrogen-bond donors (Lipinski definition) is 0. The first-order valence-corrected chi connectivity index (χ1v) is 11.1. The van der Waals surface area contributed by atoms with E-state index in [1.165, 1.54) is 18.4 Å². The third-order valence-electron chi connectivity index (χ3n) is 6.85. The molecule has 0 aromatic heterocycles. The van der Waals surface area contributed by atoms with Gasteiger partial charge in [0.1, 0.15) is 5.60 Å². The van der Waals surface area contributed by atoms with E-state index in [1.54, 1.807) is 12.1 Å². The topological polar surface area (TPSA) is 52.6 Å². The molecule has 1 aromatic carbocycles. The Bertz CT molecular complexity index is 681. The number of carbonyl (C=O) groups excluding carboxylic acids is 2. The molecule has 1 atom stereocenters. The predicted molar refractivity (Wildman–Crippen MR) is 116 cm³/mol. The molecule has 0 saturated heterocycles. The maximum Gasteiger partial charge on any atom is 0.344 e. The van der Waals surface area contributed by atoms with Gasteiger partial charge in [0.05, 0.1) is 5.56 Å². The van der Waals surface area contributed by atoms with Crippen molar-refractivity contribution in [3.63, 3.8) is 0 Å². The van der Waals surface area contributed by atoms with Crippen molar-refractivity contribution in [2.75, 3.05) is 6.61 Å². The van der Waals surface area contributed by atoms with Gasteiger partial charge >= 0.3 is 11.9 Å². The van der Waals surface area contributed by atoms with E-state index in [4.69, 9.17) is 9.47 Å². The number of carbonyl (C=O) groups is 2. The lowest BCUT2D eigenvalue weighted by Crippen LogP contribution is -2.36. The van der Waals surface area contributed by atoms with Gasteiger partial charge in [-0.1, -0.05) is 59.1 Å². The summed E-state index contributed by atoms with van der Waals surface area (Å²) in [6.45, 7) is 12.5. The summed E-state index contributed by atoms with van der Waals surface area (Å²) >= 11 is 0. The van der Waals surface area contributed by atoms with E-state index in [0.29, 0.717) is 17.4 Å².